The zero-order valence-electron chi connectivity index (χ0n) is 4.83. The second-order valence-corrected chi connectivity index (χ2v) is 1.34. The van der Waals surface area contributed by atoms with Crippen molar-refractivity contribution in [3.8, 4) is 5.75 Å². The van der Waals surface area contributed by atoms with E-state index in [2.05, 4.69) is 0 Å². The minimum Gasteiger partial charge on any atom is -0.508 e. The van der Waals surface area contributed by atoms with Crippen molar-refractivity contribution in [3.05, 3.63) is 30.3 Å². The number of phenolic OH excluding ortho intramolecular Hbond substituents is 1. The molecule has 0 saturated carbocycles. The van der Waals surface area contributed by atoms with Gasteiger partial charge in [0.15, 0.2) is 0 Å². The molecule has 0 heterocycles. The first-order chi connectivity index (χ1) is 3.39. The first-order valence-electron chi connectivity index (χ1n) is 2.13. The number of aromatic hydroxyl groups is 1. The summed E-state index contributed by atoms with van der Waals surface area (Å²) in [5.41, 5.74) is 0. The van der Waals surface area contributed by atoms with Gasteiger partial charge in [-0.3, -0.25) is 0 Å². The molecule has 2 heteroatoms. The Balaban J connectivity index is 0. The number of hydrogen-bond donors (Lipinski definition) is 1. The Morgan fingerprint density at radius 2 is 1.62 bits per heavy atom. The number of benzene rings is 1. The van der Waals surface area contributed by atoms with E-state index in [1.807, 2.05) is 6.07 Å². The predicted octanol–water partition coefficient (Wildman–Crippen LogP) is 1.26. The van der Waals surface area contributed by atoms with Crippen LogP contribution in [0.4, 0.5) is 0 Å². The molecule has 0 aliphatic rings. The van der Waals surface area contributed by atoms with Crippen LogP contribution in [0.1, 0.15) is 1.43 Å². The molecule has 0 aliphatic heterocycles. The molecule has 39 valence electrons. The van der Waals surface area contributed by atoms with Gasteiger partial charge in [0.2, 0.25) is 0 Å². The van der Waals surface area contributed by atoms with Crippen LogP contribution in [0.15, 0.2) is 30.3 Å². The third-order valence-electron chi connectivity index (χ3n) is 0.756. The number of phenols is 1. The van der Waals surface area contributed by atoms with E-state index in [0.29, 0.717) is 5.75 Å². The zero-order valence-corrected chi connectivity index (χ0v) is 7.96. The van der Waals surface area contributed by atoms with Crippen LogP contribution in [0.3, 0.4) is 0 Å². The van der Waals surface area contributed by atoms with Gasteiger partial charge in [-0.1, -0.05) is 18.2 Å². The monoisotopic (exact) mass is 135 g/mol. The Bertz CT molecular complexity index is 143. The summed E-state index contributed by atoms with van der Waals surface area (Å²) in [6, 6.07) is 8.71. The Morgan fingerprint density at radius 3 is 1.88 bits per heavy atom. The van der Waals surface area contributed by atoms with Crippen LogP contribution >= 0.6 is 0 Å². The summed E-state index contributed by atoms with van der Waals surface area (Å²) >= 11 is 0. The average Bonchev–Trinajstić information content (AvgIpc) is 1.69. The van der Waals surface area contributed by atoms with Gasteiger partial charge in [-0.25, -0.2) is 0 Å². The molecule has 0 unspecified atom stereocenters. The minimum absolute atomic E-state index is 0. The third-order valence-corrected chi connectivity index (χ3v) is 0.756. The van der Waals surface area contributed by atoms with Crippen LogP contribution < -0.4 is 0 Å². The molecular weight excluding hydrogens is 127 g/mol. The second-order valence-electron chi connectivity index (χ2n) is 1.34. The molecule has 1 aromatic rings. The number of para-hydroxylation sites is 1. The molecule has 1 radical (unpaired) electrons. The van der Waals surface area contributed by atoms with E-state index in [1.165, 1.54) is 0 Å². The molecule has 0 saturated heterocycles. The largest absolute Gasteiger partial charge is 0.508 e. The van der Waals surface area contributed by atoms with Crippen LogP contribution in [-0.4, -0.2) is 56.5 Å². The van der Waals surface area contributed by atoms with Crippen molar-refractivity contribution < 1.29 is 6.53 Å². The average molecular weight is 135 g/mol. The number of hydrogen-bond acceptors (Lipinski definition) is 1. The molecule has 0 atom stereocenters. The molecule has 0 bridgehead atoms. The number of rotatable bonds is 0. The summed E-state index contributed by atoms with van der Waals surface area (Å²) in [5, 5.41) is 8.63. The maximum Gasteiger partial charge on any atom is 0.115 e. The SMILES string of the molecule is Oc1ccccc1.[HH].[K]. The van der Waals surface area contributed by atoms with Crippen molar-refractivity contribution >= 4 is 51.4 Å². The summed E-state index contributed by atoms with van der Waals surface area (Å²) in [6.07, 6.45) is 0. The summed E-state index contributed by atoms with van der Waals surface area (Å²) in [4.78, 5) is 0. The normalized spacial score (nSPS) is 7.50. The smallest absolute Gasteiger partial charge is 0.115 e. The maximum atomic E-state index is 8.63. The van der Waals surface area contributed by atoms with Crippen molar-refractivity contribution in [2.45, 2.75) is 0 Å². The Morgan fingerprint density at radius 1 is 1.12 bits per heavy atom. The Kier molecular flexibility index (Phi) is 4.90. The molecule has 1 rings (SSSR count). The topological polar surface area (TPSA) is 20.2 Å². The molecule has 0 spiro atoms. The molecule has 8 heavy (non-hydrogen) atoms. The summed E-state index contributed by atoms with van der Waals surface area (Å²) in [6.45, 7) is 0. The van der Waals surface area contributed by atoms with Crippen LogP contribution in [-0.2, 0) is 0 Å². The summed E-state index contributed by atoms with van der Waals surface area (Å²) in [7, 11) is 0. The van der Waals surface area contributed by atoms with E-state index in [4.69, 9.17) is 5.11 Å². The van der Waals surface area contributed by atoms with Gasteiger partial charge in [-0.15, -0.1) is 0 Å². The van der Waals surface area contributed by atoms with Crippen molar-refractivity contribution in [2.75, 3.05) is 0 Å². The molecule has 0 aliphatic carbocycles. The zero-order chi connectivity index (χ0) is 5.11. The van der Waals surface area contributed by atoms with E-state index in [9.17, 15) is 0 Å². The van der Waals surface area contributed by atoms with Crippen LogP contribution in [0.25, 0.3) is 0 Å². The fourth-order valence-electron chi connectivity index (χ4n) is 0.428. The summed E-state index contributed by atoms with van der Waals surface area (Å²) in [5.74, 6) is 0.322. The molecule has 1 N–H and O–H groups in total. The second kappa shape index (κ2) is 4.53. The standard InChI is InChI=1S/C6H6O.K.H2/c7-6-4-2-1-3-5-6;;/h1-5,7H;;1H. The van der Waals surface area contributed by atoms with Gasteiger partial charge >= 0.3 is 0 Å². The fraction of sp³-hybridized carbons (Fsp3) is 0. The van der Waals surface area contributed by atoms with Crippen molar-refractivity contribution in [1.82, 2.24) is 0 Å². The van der Waals surface area contributed by atoms with Crippen molar-refractivity contribution in [1.29, 1.82) is 0 Å². The van der Waals surface area contributed by atoms with Gasteiger partial charge < -0.3 is 5.11 Å². The van der Waals surface area contributed by atoms with Gasteiger partial charge in [-0.05, 0) is 12.1 Å². The van der Waals surface area contributed by atoms with Crippen LogP contribution in [0, 0.1) is 0 Å². The van der Waals surface area contributed by atoms with Crippen LogP contribution in [0.2, 0.25) is 0 Å². The minimum atomic E-state index is 0. The Labute approximate surface area is 92.6 Å². The van der Waals surface area contributed by atoms with E-state index in [-0.39, 0.29) is 52.8 Å². The molecular formula is C6H8KO. The van der Waals surface area contributed by atoms with Gasteiger partial charge in [0.25, 0.3) is 0 Å². The van der Waals surface area contributed by atoms with Crippen molar-refractivity contribution in [3.63, 3.8) is 0 Å². The maximum absolute atomic E-state index is 8.63. The first-order valence-corrected chi connectivity index (χ1v) is 2.13. The Hall–Kier alpha value is 0.656. The van der Waals surface area contributed by atoms with Gasteiger partial charge in [-0.2, -0.15) is 0 Å². The fourth-order valence-corrected chi connectivity index (χ4v) is 0.428. The summed E-state index contributed by atoms with van der Waals surface area (Å²) < 4.78 is 0. The van der Waals surface area contributed by atoms with Gasteiger partial charge in [0.1, 0.15) is 5.75 Å². The first kappa shape index (κ1) is 8.66. The molecule has 0 amide bonds. The quantitative estimate of drug-likeness (QED) is 0.531. The predicted molar refractivity (Wildman–Crippen MR) is 36.0 cm³/mol. The molecule has 1 nitrogen and oxygen atoms in total. The van der Waals surface area contributed by atoms with Crippen molar-refractivity contribution in [2.24, 2.45) is 0 Å². The molecule has 0 aromatic heterocycles. The molecule has 1 aromatic carbocycles. The van der Waals surface area contributed by atoms with E-state index >= 15 is 0 Å². The van der Waals surface area contributed by atoms with Crippen LogP contribution in [0.5, 0.6) is 5.75 Å². The molecule has 0 fully saturated rings. The van der Waals surface area contributed by atoms with Gasteiger partial charge in [0.05, 0.1) is 0 Å². The third kappa shape index (κ3) is 2.84. The van der Waals surface area contributed by atoms with Gasteiger partial charge in [0, 0.05) is 52.8 Å². The van der Waals surface area contributed by atoms with E-state index in [0.717, 1.165) is 0 Å². The van der Waals surface area contributed by atoms with E-state index in [1.54, 1.807) is 24.3 Å². The van der Waals surface area contributed by atoms with E-state index < -0.39 is 0 Å².